The second-order valence-electron chi connectivity index (χ2n) is 10.1. The van der Waals surface area contributed by atoms with Crippen molar-refractivity contribution in [3.8, 4) is 11.5 Å². The standard InChI is InChI=1S/C29H42N2O4/c1-8-9-10-12-20(21-13-11-14-24(34-6)27(21)35-7)26(28(30)33)22-17-19(18-25(32)31-5)15-16-23(22)29(2,3)4/h11,13-17,20,26H,8-10,12,18H2,1-7H3,(H2,30,33)(H,31,32). The van der Waals surface area contributed by atoms with Crippen LogP contribution in [0.2, 0.25) is 0 Å². The van der Waals surface area contributed by atoms with Crippen molar-refractivity contribution >= 4 is 11.8 Å². The largest absolute Gasteiger partial charge is 0.493 e. The molecule has 0 aliphatic heterocycles. The van der Waals surface area contributed by atoms with Crippen LogP contribution < -0.4 is 20.5 Å². The zero-order chi connectivity index (χ0) is 26.2. The molecule has 3 N–H and O–H groups in total. The quantitative estimate of drug-likeness (QED) is 0.406. The minimum atomic E-state index is -0.591. The number of para-hydroxylation sites is 1. The lowest BCUT2D eigenvalue weighted by Crippen LogP contribution is -2.30. The van der Waals surface area contributed by atoms with Crippen LogP contribution in [0.15, 0.2) is 36.4 Å². The Morgan fingerprint density at radius 3 is 2.29 bits per heavy atom. The van der Waals surface area contributed by atoms with Gasteiger partial charge in [-0.05, 0) is 34.6 Å². The van der Waals surface area contributed by atoms with Crippen molar-refractivity contribution in [2.75, 3.05) is 21.3 Å². The van der Waals surface area contributed by atoms with Gasteiger partial charge < -0.3 is 20.5 Å². The normalized spacial score (nSPS) is 13.1. The molecule has 2 rings (SSSR count). The van der Waals surface area contributed by atoms with Crippen molar-refractivity contribution in [3.05, 3.63) is 58.7 Å². The van der Waals surface area contributed by atoms with E-state index in [0.29, 0.717) is 11.5 Å². The van der Waals surface area contributed by atoms with Gasteiger partial charge in [-0.1, -0.05) is 77.3 Å². The van der Waals surface area contributed by atoms with Crippen LogP contribution in [0.4, 0.5) is 0 Å². The predicted molar refractivity (Wildman–Crippen MR) is 141 cm³/mol. The van der Waals surface area contributed by atoms with E-state index in [9.17, 15) is 9.59 Å². The first-order valence-corrected chi connectivity index (χ1v) is 12.4. The van der Waals surface area contributed by atoms with Crippen LogP contribution in [-0.4, -0.2) is 33.1 Å². The van der Waals surface area contributed by atoms with Crippen LogP contribution in [0.3, 0.4) is 0 Å². The smallest absolute Gasteiger partial charge is 0.225 e. The molecule has 2 atom stereocenters. The molecular weight excluding hydrogens is 440 g/mol. The zero-order valence-corrected chi connectivity index (χ0v) is 22.4. The van der Waals surface area contributed by atoms with Gasteiger partial charge in [-0.2, -0.15) is 0 Å². The third kappa shape index (κ3) is 7.00. The van der Waals surface area contributed by atoms with Gasteiger partial charge in [-0.25, -0.2) is 0 Å². The zero-order valence-electron chi connectivity index (χ0n) is 22.4. The average molecular weight is 483 g/mol. The van der Waals surface area contributed by atoms with Gasteiger partial charge in [-0.3, -0.25) is 9.59 Å². The molecule has 0 aliphatic rings. The number of amides is 2. The summed E-state index contributed by atoms with van der Waals surface area (Å²) in [5, 5.41) is 2.68. The highest BCUT2D eigenvalue weighted by Gasteiger charge is 2.35. The molecule has 0 spiro atoms. The van der Waals surface area contributed by atoms with Gasteiger partial charge in [0.05, 0.1) is 26.6 Å². The number of nitrogens with two attached hydrogens (primary N) is 1. The summed E-state index contributed by atoms with van der Waals surface area (Å²) in [5.74, 6) is -0.0186. The molecule has 0 saturated carbocycles. The molecule has 2 amide bonds. The molecule has 0 fully saturated rings. The summed E-state index contributed by atoms with van der Waals surface area (Å²) < 4.78 is 11.3. The first kappa shape index (κ1) is 28.2. The van der Waals surface area contributed by atoms with E-state index in [1.165, 1.54) is 0 Å². The van der Waals surface area contributed by atoms with Crippen LogP contribution in [0.25, 0.3) is 0 Å². The lowest BCUT2D eigenvalue weighted by atomic mass is 9.72. The Bertz CT molecular complexity index is 1010. The maximum Gasteiger partial charge on any atom is 0.225 e. The number of rotatable bonds is 12. The van der Waals surface area contributed by atoms with Gasteiger partial charge >= 0.3 is 0 Å². The Labute approximate surface area is 210 Å². The molecule has 0 saturated heterocycles. The fourth-order valence-corrected chi connectivity index (χ4v) is 4.82. The van der Waals surface area contributed by atoms with Crippen LogP contribution in [0.5, 0.6) is 11.5 Å². The first-order chi connectivity index (χ1) is 16.6. The van der Waals surface area contributed by atoms with Crippen LogP contribution >= 0.6 is 0 Å². The number of likely N-dealkylation sites (N-methyl/N-ethyl adjacent to an activating group) is 1. The number of ether oxygens (including phenoxy) is 2. The second kappa shape index (κ2) is 12.6. The van der Waals surface area contributed by atoms with E-state index in [4.69, 9.17) is 15.2 Å². The van der Waals surface area contributed by atoms with E-state index < -0.39 is 5.92 Å². The molecule has 6 heteroatoms. The van der Waals surface area contributed by atoms with Gasteiger partial charge in [0, 0.05) is 18.5 Å². The molecule has 0 bridgehead atoms. The van der Waals surface area contributed by atoms with Gasteiger partial charge in [-0.15, -0.1) is 0 Å². The molecule has 35 heavy (non-hydrogen) atoms. The van der Waals surface area contributed by atoms with Gasteiger partial charge in [0.15, 0.2) is 11.5 Å². The topological polar surface area (TPSA) is 90.7 Å². The molecule has 0 heterocycles. The number of hydrogen-bond acceptors (Lipinski definition) is 4. The van der Waals surface area contributed by atoms with Crippen LogP contribution in [0.1, 0.15) is 87.5 Å². The summed E-state index contributed by atoms with van der Waals surface area (Å²) in [6, 6.07) is 11.8. The van der Waals surface area contributed by atoms with E-state index in [2.05, 4.69) is 33.0 Å². The average Bonchev–Trinajstić information content (AvgIpc) is 2.81. The number of benzene rings is 2. The maximum absolute atomic E-state index is 13.2. The van der Waals surface area contributed by atoms with E-state index in [1.54, 1.807) is 21.3 Å². The molecule has 2 unspecified atom stereocenters. The van der Waals surface area contributed by atoms with Gasteiger partial charge in [0.1, 0.15) is 0 Å². The summed E-state index contributed by atoms with van der Waals surface area (Å²) in [5.41, 5.74) is 9.63. The molecule has 0 radical (unpaired) electrons. The number of carbonyl (C=O) groups is 2. The number of nitrogens with one attached hydrogen (secondary N) is 1. The number of hydrogen-bond donors (Lipinski definition) is 2. The first-order valence-electron chi connectivity index (χ1n) is 12.4. The predicted octanol–water partition coefficient (Wildman–Crippen LogP) is 5.22. The molecule has 2 aromatic rings. The highest BCUT2D eigenvalue weighted by molar-refractivity contribution is 5.84. The number of methoxy groups -OCH3 is 2. The molecule has 6 nitrogen and oxygen atoms in total. The van der Waals surface area contributed by atoms with E-state index in [-0.39, 0.29) is 29.6 Å². The SMILES string of the molecule is CCCCCC(c1cccc(OC)c1OC)C(C(N)=O)c1cc(CC(=O)NC)ccc1C(C)(C)C. The van der Waals surface area contributed by atoms with Gasteiger partial charge in [0.25, 0.3) is 0 Å². The Balaban J connectivity index is 2.78. The molecule has 0 aromatic heterocycles. The third-order valence-electron chi connectivity index (χ3n) is 6.56. The fraction of sp³-hybridized carbons (Fsp3) is 0.517. The fourth-order valence-electron chi connectivity index (χ4n) is 4.82. The van der Waals surface area contributed by atoms with Crippen molar-refractivity contribution in [1.82, 2.24) is 5.32 Å². The molecule has 2 aromatic carbocycles. The number of unbranched alkanes of at least 4 members (excludes halogenated alkanes) is 2. The summed E-state index contributed by atoms with van der Waals surface area (Å²) in [6.45, 7) is 8.54. The van der Waals surface area contributed by atoms with E-state index in [0.717, 1.165) is 47.9 Å². The summed E-state index contributed by atoms with van der Waals surface area (Å²) in [6.07, 6.45) is 4.08. The van der Waals surface area contributed by atoms with Gasteiger partial charge in [0.2, 0.25) is 11.8 Å². The molecule has 0 aliphatic carbocycles. The highest BCUT2D eigenvalue weighted by Crippen LogP contribution is 2.46. The van der Waals surface area contributed by atoms with Crippen LogP contribution in [-0.2, 0) is 21.4 Å². The highest BCUT2D eigenvalue weighted by atomic mass is 16.5. The number of carbonyl (C=O) groups excluding carboxylic acids is 2. The Kier molecular flexibility index (Phi) is 10.2. The lowest BCUT2D eigenvalue weighted by Gasteiger charge is -2.32. The van der Waals surface area contributed by atoms with Crippen molar-refractivity contribution < 1.29 is 19.1 Å². The van der Waals surface area contributed by atoms with Crippen molar-refractivity contribution in [3.63, 3.8) is 0 Å². The van der Waals surface area contributed by atoms with E-state index >= 15 is 0 Å². The lowest BCUT2D eigenvalue weighted by molar-refractivity contribution is -0.120. The van der Waals surface area contributed by atoms with E-state index in [1.807, 2.05) is 36.4 Å². The second-order valence-corrected chi connectivity index (χ2v) is 10.1. The van der Waals surface area contributed by atoms with Crippen molar-refractivity contribution in [2.45, 2.75) is 77.0 Å². The summed E-state index contributed by atoms with van der Waals surface area (Å²) >= 11 is 0. The molecule has 192 valence electrons. The minimum Gasteiger partial charge on any atom is -0.493 e. The number of primary amides is 1. The summed E-state index contributed by atoms with van der Waals surface area (Å²) in [4.78, 5) is 25.4. The van der Waals surface area contributed by atoms with Crippen LogP contribution in [0, 0.1) is 0 Å². The summed E-state index contributed by atoms with van der Waals surface area (Å²) in [7, 11) is 4.85. The van der Waals surface area contributed by atoms with Crippen molar-refractivity contribution in [2.24, 2.45) is 5.73 Å². The van der Waals surface area contributed by atoms with Crippen molar-refractivity contribution in [1.29, 1.82) is 0 Å². The maximum atomic E-state index is 13.2. The monoisotopic (exact) mass is 482 g/mol. The third-order valence-corrected chi connectivity index (χ3v) is 6.56. The Hall–Kier alpha value is -3.02. The minimum absolute atomic E-state index is 0.0796. The Morgan fingerprint density at radius 2 is 1.74 bits per heavy atom. The molecular formula is C29H42N2O4. The Morgan fingerprint density at radius 1 is 1.03 bits per heavy atom.